The lowest BCUT2D eigenvalue weighted by Gasteiger charge is -2.23. The summed E-state index contributed by atoms with van der Waals surface area (Å²) < 4.78 is 5.33. The zero-order valence-corrected chi connectivity index (χ0v) is 14.2. The van der Waals surface area contributed by atoms with Crippen molar-refractivity contribution in [2.75, 3.05) is 13.7 Å². The number of rotatable bonds is 7. The van der Waals surface area contributed by atoms with Crippen LogP contribution in [0.15, 0.2) is 18.2 Å². The van der Waals surface area contributed by atoms with E-state index in [0.29, 0.717) is 13.0 Å². The Bertz CT molecular complexity index is 462. The number of amides is 1. The van der Waals surface area contributed by atoms with E-state index in [1.807, 2.05) is 26.0 Å². The van der Waals surface area contributed by atoms with Crippen molar-refractivity contribution < 1.29 is 9.53 Å². The number of ether oxygens (including phenoxy) is 1. The maximum absolute atomic E-state index is 12.0. The summed E-state index contributed by atoms with van der Waals surface area (Å²) in [5.41, 5.74) is 7.49. The topological polar surface area (TPSA) is 64.4 Å². The molecule has 3 N–H and O–H groups in total. The lowest BCUT2D eigenvalue weighted by atomic mass is 9.96. The van der Waals surface area contributed by atoms with Crippen LogP contribution in [-0.4, -0.2) is 25.1 Å². The van der Waals surface area contributed by atoms with Crippen LogP contribution in [-0.2, 0) is 11.2 Å². The highest BCUT2D eigenvalue weighted by Crippen LogP contribution is 2.19. The third-order valence-electron chi connectivity index (χ3n) is 3.40. The summed E-state index contributed by atoms with van der Waals surface area (Å²) in [4.78, 5) is 12.0. The Balaban J connectivity index is 0.00000400. The smallest absolute Gasteiger partial charge is 0.239 e. The zero-order chi connectivity index (χ0) is 15.2. The molecule has 0 fully saturated rings. The Morgan fingerprint density at radius 1 is 1.43 bits per heavy atom. The predicted molar refractivity (Wildman–Crippen MR) is 89.2 cm³/mol. The van der Waals surface area contributed by atoms with E-state index in [1.165, 1.54) is 5.56 Å². The minimum absolute atomic E-state index is 0. The summed E-state index contributed by atoms with van der Waals surface area (Å²) in [7, 11) is 1.66. The molecule has 1 aromatic rings. The van der Waals surface area contributed by atoms with Crippen LogP contribution < -0.4 is 15.8 Å². The summed E-state index contributed by atoms with van der Waals surface area (Å²) in [6.07, 6.45) is 2.32. The lowest BCUT2D eigenvalue weighted by molar-refractivity contribution is -0.126. The van der Waals surface area contributed by atoms with Crippen LogP contribution in [0.1, 0.15) is 37.8 Å². The van der Waals surface area contributed by atoms with Gasteiger partial charge in [0.05, 0.1) is 12.6 Å². The molecule has 0 radical (unpaired) electrons. The number of halogens is 1. The molecule has 21 heavy (non-hydrogen) atoms. The lowest BCUT2D eigenvalue weighted by Crippen LogP contribution is -2.51. The van der Waals surface area contributed by atoms with Crippen molar-refractivity contribution in [3.63, 3.8) is 0 Å². The highest BCUT2D eigenvalue weighted by atomic mass is 35.5. The van der Waals surface area contributed by atoms with Gasteiger partial charge in [-0.25, -0.2) is 0 Å². The second-order valence-corrected chi connectivity index (χ2v) is 5.49. The second-order valence-electron chi connectivity index (χ2n) is 5.49. The van der Waals surface area contributed by atoms with E-state index < -0.39 is 5.54 Å². The molecule has 1 rings (SSSR count). The Kier molecular flexibility index (Phi) is 8.37. The zero-order valence-electron chi connectivity index (χ0n) is 13.4. The first-order valence-electron chi connectivity index (χ1n) is 7.11. The molecule has 0 aliphatic rings. The minimum atomic E-state index is -0.786. The number of hydrogen-bond acceptors (Lipinski definition) is 3. The van der Waals surface area contributed by atoms with Gasteiger partial charge in [-0.05, 0) is 38.3 Å². The van der Waals surface area contributed by atoms with Crippen LogP contribution in [0, 0.1) is 6.92 Å². The number of carbonyl (C=O) groups excluding carboxylic acids is 1. The molecule has 0 heterocycles. The molecule has 0 spiro atoms. The molecule has 0 bridgehead atoms. The van der Waals surface area contributed by atoms with Gasteiger partial charge in [0.1, 0.15) is 5.75 Å². The SMILES string of the molecule is CCCC(C)(N)C(=O)NCCc1cc(C)ccc1OC.Cl. The normalized spacial score (nSPS) is 13.0. The third kappa shape index (κ3) is 5.94. The molecule has 1 amide bonds. The molecule has 0 aliphatic carbocycles. The average Bonchev–Trinajstić information content (AvgIpc) is 2.38. The van der Waals surface area contributed by atoms with Crippen LogP contribution in [0.25, 0.3) is 0 Å². The van der Waals surface area contributed by atoms with Gasteiger partial charge >= 0.3 is 0 Å². The van der Waals surface area contributed by atoms with Gasteiger partial charge in [0.15, 0.2) is 0 Å². The molecule has 5 heteroatoms. The van der Waals surface area contributed by atoms with Crippen LogP contribution in [0.5, 0.6) is 5.75 Å². The first-order chi connectivity index (χ1) is 9.40. The summed E-state index contributed by atoms with van der Waals surface area (Å²) >= 11 is 0. The van der Waals surface area contributed by atoms with Gasteiger partial charge in [-0.1, -0.05) is 31.0 Å². The predicted octanol–water partition coefficient (Wildman–Crippen LogP) is 2.60. The van der Waals surface area contributed by atoms with Crippen LogP contribution in [0.4, 0.5) is 0 Å². The molecule has 0 saturated heterocycles. The third-order valence-corrected chi connectivity index (χ3v) is 3.40. The number of hydrogen-bond donors (Lipinski definition) is 2. The fraction of sp³-hybridized carbons (Fsp3) is 0.562. The molecule has 120 valence electrons. The monoisotopic (exact) mass is 314 g/mol. The van der Waals surface area contributed by atoms with E-state index in [0.717, 1.165) is 24.2 Å². The fourth-order valence-corrected chi connectivity index (χ4v) is 2.25. The first-order valence-corrected chi connectivity index (χ1v) is 7.11. The molecule has 4 nitrogen and oxygen atoms in total. The number of nitrogens with two attached hydrogens (primary N) is 1. The molecule has 1 aromatic carbocycles. The first kappa shape index (κ1) is 19.7. The summed E-state index contributed by atoms with van der Waals surface area (Å²) in [6, 6.07) is 6.05. The van der Waals surface area contributed by atoms with Gasteiger partial charge in [0.25, 0.3) is 0 Å². The molecule has 0 aromatic heterocycles. The average molecular weight is 315 g/mol. The number of nitrogens with one attached hydrogen (secondary N) is 1. The van der Waals surface area contributed by atoms with Crippen molar-refractivity contribution in [3.8, 4) is 5.75 Å². The maximum Gasteiger partial charge on any atom is 0.239 e. The van der Waals surface area contributed by atoms with Gasteiger partial charge in [-0.3, -0.25) is 4.79 Å². The molecule has 0 saturated carbocycles. The number of methoxy groups -OCH3 is 1. The van der Waals surface area contributed by atoms with Crippen LogP contribution in [0.2, 0.25) is 0 Å². The van der Waals surface area contributed by atoms with E-state index in [4.69, 9.17) is 10.5 Å². The van der Waals surface area contributed by atoms with Crippen molar-refractivity contribution >= 4 is 18.3 Å². The summed E-state index contributed by atoms with van der Waals surface area (Å²) in [5.74, 6) is 0.764. The molecule has 0 aliphatic heterocycles. The van der Waals surface area contributed by atoms with Crippen molar-refractivity contribution in [2.45, 2.75) is 45.6 Å². The van der Waals surface area contributed by atoms with Gasteiger partial charge in [0.2, 0.25) is 5.91 Å². The minimum Gasteiger partial charge on any atom is -0.496 e. The summed E-state index contributed by atoms with van der Waals surface area (Å²) in [6.45, 7) is 6.41. The maximum atomic E-state index is 12.0. The summed E-state index contributed by atoms with van der Waals surface area (Å²) in [5, 5.41) is 2.91. The van der Waals surface area contributed by atoms with Gasteiger partial charge < -0.3 is 15.8 Å². The highest BCUT2D eigenvalue weighted by Gasteiger charge is 2.26. The second kappa shape index (κ2) is 8.90. The van der Waals surface area contributed by atoms with Crippen LogP contribution >= 0.6 is 12.4 Å². The van der Waals surface area contributed by atoms with Gasteiger partial charge in [-0.2, -0.15) is 0 Å². The standard InChI is InChI=1S/C16H26N2O2.ClH/c1-5-9-16(3,17)15(19)18-10-8-13-11-12(2)6-7-14(13)20-4;/h6-7,11H,5,8-10,17H2,1-4H3,(H,18,19);1H. The Hall–Kier alpha value is -1.26. The molecule has 1 unspecified atom stereocenters. The fourth-order valence-electron chi connectivity index (χ4n) is 2.25. The number of benzene rings is 1. The van der Waals surface area contributed by atoms with E-state index in [-0.39, 0.29) is 18.3 Å². The Morgan fingerprint density at radius 2 is 2.10 bits per heavy atom. The van der Waals surface area contributed by atoms with E-state index >= 15 is 0 Å². The van der Waals surface area contributed by atoms with Crippen molar-refractivity contribution in [3.05, 3.63) is 29.3 Å². The van der Waals surface area contributed by atoms with Crippen LogP contribution in [0.3, 0.4) is 0 Å². The van der Waals surface area contributed by atoms with E-state index in [2.05, 4.69) is 11.4 Å². The van der Waals surface area contributed by atoms with E-state index in [9.17, 15) is 4.79 Å². The van der Waals surface area contributed by atoms with Crippen molar-refractivity contribution in [1.29, 1.82) is 0 Å². The Morgan fingerprint density at radius 3 is 2.67 bits per heavy atom. The Labute approximate surface area is 133 Å². The van der Waals surface area contributed by atoms with Crippen molar-refractivity contribution in [1.82, 2.24) is 5.32 Å². The quantitative estimate of drug-likeness (QED) is 0.813. The molecular formula is C16H27ClN2O2. The van der Waals surface area contributed by atoms with Gasteiger partial charge in [-0.15, -0.1) is 12.4 Å². The highest BCUT2D eigenvalue weighted by molar-refractivity contribution is 5.85. The molecule has 1 atom stereocenters. The van der Waals surface area contributed by atoms with E-state index in [1.54, 1.807) is 14.0 Å². The van der Waals surface area contributed by atoms with Crippen molar-refractivity contribution in [2.24, 2.45) is 5.73 Å². The number of carbonyl (C=O) groups is 1. The number of aryl methyl sites for hydroxylation is 1. The largest absolute Gasteiger partial charge is 0.496 e. The molecular weight excluding hydrogens is 288 g/mol. The van der Waals surface area contributed by atoms with Gasteiger partial charge in [0, 0.05) is 6.54 Å².